The summed E-state index contributed by atoms with van der Waals surface area (Å²) >= 11 is 0. The molecule has 0 saturated carbocycles. The van der Waals surface area contributed by atoms with Gasteiger partial charge in [0.15, 0.2) is 0 Å². The van der Waals surface area contributed by atoms with Crippen LogP contribution in [0.4, 0.5) is 16.4 Å². The van der Waals surface area contributed by atoms with Gasteiger partial charge in [-0.25, -0.2) is 14.8 Å². The van der Waals surface area contributed by atoms with Gasteiger partial charge in [-0.05, 0) is 52.4 Å². The van der Waals surface area contributed by atoms with Crippen molar-refractivity contribution in [1.82, 2.24) is 19.8 Å². The first kappa shape index (κ1) is 25.1. The van der Waals surface area contributed by atoms with Gasteiger partial charge in [0.25, 0.3) is 0 Å². The Hall–Kier alpha value is -2.58. The van der Waals surface area contributed by atoms with Gasteiger partial charge in [-0.3, -0.25) is 4.79 Å². The maximum Gasteiger partial charge on any atom is 0.410 e. The van der Waals surface area contributed by atoms with E-state index in [4.69, 9.17) is 4.74 Å². The fraction of sp³-hybridized carbons (Fsp3) is 0.750. The fourth-order valence-corrected chi connectivity index (χ4v) is 4.33. The summed E-state index contributed by atoms with van der Waals surface area (Å²) in [4.78, 5) is 39.7. The van der Waals surface area contributed by atoms with Gasteiger partial charge in [0.2, 0.25) is 5.91 Å². The maximum atomic E-state index is 12.8. The SMILES string of the molecule is CCCNc1cc(N2CCC[C@H](CCC(=O)N3CCN(C(=O)OC(C)(C)C)CC3)C2)ncn1. The second-order valence-corrected chi connectivity index (χ2v) is 10.0. The van der Waals surface area contributed by atoms with E-state index in [1.165, 1.54) is 0 Å². The van der Waals surface area contributed by atoms with Gasteiger partial charge in [0.05, 0.1) is 0 Å². The zero-order valence-electron chi connectivity index (χ0n) is 20.7. The zero-order chi connectivity index (χ0) is 23.8. The first-order chi connectivity index (χ1) is 15.7. The van der Waals surface area contributed by atoms with E-state index in [2.05, 4.69) is 27.1 Å². The first-order valence-electron chi connectivity index (χ1n) is 12.3. The molecule has 0 aliphatic carbocycles. The van der Waals surface area contributed by atoms with Gasteiger partial charge in [-0.1, -0.05) is 6.92 Å². The van der Waals surface area contributed by atoms with E-state index in [9.17, 15) is 9.59 Å². The van der Waals surface area contributed by atoms with E-state index in [1.54, 1.807) is 11.2 Å². The smallest absolute Gasteiger partial charge is 0.410 e. The van der Waals surface area contributed by atoms with Crippen molar-refractivity contribution in [2.75, 3.05) is 56.0 Å². The predicted octanol–water partition coefficient (Wildman–Crippen LogP) is 3.37. The van der Waals surface area contributed by atoms with Crippen molar-refractivity contribution in [3.05, 3.63) is 12.4 Å². The lowest BCUT2D eigenvalue weighted by Crippen LogP contribution is -2.51. The van der Waals surface area contributed by atoms with Crippen molar-refractivity contribution in [3.63, 3.8) is 0 Å². The van der Waals surface area contributed by atoms with Gasteiger partial charge < -0.3 is 24.8 Å². The number of anilines is 2. The lowest BCUT2D eigenvalue weighted by Gasteiger charge is -2.36. The number of piperazine rings is 1. The Morgan fingerprint density at radius 2 is 1.85 bits per heavy atom. The predicted molar refractivity (Wildman–Crippen MR) is 129 cm³/mol. The van der Waals surface area contributed by atoms with Crippen LogP contribution in [-0.4, -0.2) is 83.2 Å². The highest BCUT2D eigenvalue weighted by Crippen LogP contribution is 2.26. The lowest BCUT2D eigenvalue weighted by atomic mass is 9.93. The van der Waals surface area contributed by atoms with Crippen LogP contribution in [-0.2, 0) is 9.53 Å². The molecule has 2 fully saturated rings. The molecule has 3 heterocycles. The molecule has 2 aliphatic rings. The summed E-state index contributed by atoms with van der Waals surface area (Å²) in [6, 6.07) is 2.02. The van der Waals surface area contributed by atoms with Gasteiger partial charge in [-0.15, -0.1) is 0 Å². The van der Waals surface area contributed by atoms with E-state index in [-0.39, 0.29) is 12.0 Å². The van der Waals surface area contributed by atoms with Gasteiger partial charge in [-0.2, -0.15) is 0 Å². The second kappa shape index (κ2) is 11.5. The van der Waals surface area contributed by atoms with E-state index in [0.29, 0.717) is 38.5 Å². The highest BCUT2D eigenvalue weighted by Gasteiger charge is 2.28. The summed E-state index contributed by atoms with van der Waals surface area (Å²) < 4.78 is 5.44. The Bertz CT molecular complexity index is 789. The van der Waals surface area contributed by atoms with Gasteiger partial charge in [0, 0.05) is 58.3 Å². The highest BCUT2D eigenvalue weighted by molar-refractivity contribution is 5.76. The summed E-state index contributed by atoms with van der Waals surface area (Å²) in [5.74, 6) is 2.49. The molecule has 0 unspecified atom stereocenters. The van der Waals surface area contributed by atoms with Crippen LogP contribution in [0.25, 0.3) is 0 Å². The third-order valence-electron chi connectivity index (χ3n) is 6.10. The maximum absolute atomic E-state index is 12.8. The number of hydrogen-bond donors (Lipinski definition) is 1. The number of rotatable bonds is 7. The summed E-state index contributed by atoms with van der Waals surface area (Å²) in [5.41, 5.74) is -0.503. The molecule has 33 heavy (non-hydrogen) atoms. The summed E-state index contributed by atoms with van der Waals surface area (Å²) in [5, 5.41) is 3.32. The molecule has 1 atom stereocenters. The molecule has 9 heteroatoms. The topological polar surface area (TPSA) is 90.9 Å². The Balaban J connectivity index is 1.43. The summed E-state index contributed by atoms with van der Waals surface area (Å²) in [6.45, 7) is 12.7. The van der Waals surface area contributed by atoms with Crippen LogP contribution in [0.1, 0.15) is 59.8 Å². The van der Waals surface area contributed by atoms with E-state index >= 15 is 0 Å². The number of hydrogen-bond acceptors (Lipinski definition) is 7. The van der Waals surface area contributed by atoms with Crippen LogP contribution in [0.2, 0.25) is 0 Å². The van der Waals surface area contributed by atoms with Crippen molar-refractivity contribution in [2.24, 2.45) is 5.92 Å². The van der Waals surface area contributed by atoms with E-state index < -0.39 is 5.60 Å². The molecule has 3 rings (SSSR count). The number of ether oxygens (including phenoxy) is 1. The normalized spacial score (nSPS) is 19.4. The Labute approximate surface area is 197 Å². The van der Waals surface area contributed by atoms with Gasteiger partial charge in [0.1, 0.15) is 23.6 Å². The number of aromatic nitrogens is 2. The molecule has 2 amide bonds. The molecule has 1 aromatic rings. The zero-order valence-corrected chi connectivity index (χ0v) is 20.7. The average molecular weight is 461 g/mol. The third kappa shape index (κ3) is 7.75. The van der Waals surface area contributed by atoms with Crippen LogP contribution >= 0.6 is 0 Å². The minimum atomic E-state index is -0.503. The van der Waals surface area contributed by atoms with Crippen LogP contribution in [0.5, 0.6) is 0 Å². The van der Waals surface area contributed by atoms with Gasteiger partial charge >= 0.3 is 6.09 Å². The van der Waals surface area contributed by atoms with Crippen molar-refractivity contribution >= 4 is 23.6 Å². The van der Waals surface area contributed by atoms with Crippen LogP contribution in [0.3, 0.4) is 0 Å². The molecule has 9 nitrogen and oxygen atoms in total. The molecule has 184 valence electrons. The van der Waals surface area contributed by atoms with Crippen molar-refractivity contribution < 1.29 is 14.3 Å². The molecular formula is C24H40N6O3. The van der Waals surface area contributed by atoms with Crippen LogP contribution < -0.4 is 10.2 Å². The minimum Gasteiger partial charge on any atom is -0.444 e. The molecular weight excluding hydrogens is 420 g/mol. The van der Waals surface area contributed by atoms with Crippen molar-refractivity contribution in [3.8, 4) is 0 Å². The quantitative estimate of drug-likeness (QED) is 0.667. The van der Waals surface area contributed by atoms with Crippen LogP contribution in [0, 0.1) is 5.92 Å². The molecule has 2 saturated heterocycles. The molecule has 2 aliphatic heterocycles. The Morgan fingerprint density at radius 1 is 1.12 bits per heavy atom. The average Bonchev–Trinajstić information content (AvgIpc) is 2.80. The number of nitrogens with zero attached hydrogens (tertiary/aromatic N) is 5. The summed E-state index contributed by atoms with van der Waals surface area (Å²) in [6.07, 6.45) is 6.06. The number of piperidine rings is 1. The summed E-state index contributed by atoms with van der Waals surface area (Å²) in [7, 11) is 0. The molecule has 0 radical (unpaired) electrons. The van der Waals surface area contributed by atoms with E-state index in [1.807, 2.05) is 31.7 Å². The number of nitrogens with one attached hydrogen (secondary N) is 1. The molecule has 1 N–H and O–H groups in total. The number of amides is 2. The molecule has 0 spiro atoms. The third-order valence-corrected chi connectivity index (χ3v) is 6.10. The highest BCUT2D eigenvalue weighted by atomic mass is 16.6. The largest absolute Gasteiger partial charge is 0.444 e. The monoisotopic (exact) mass is 460 g/mol. The number of carbonyl (C=O) groups excluding carboxylic acids is 2. The fourth-order valence-electron chi connectivity index (χ4n) is 4.33. The van der Waals surface area contributed by atoms with Crippen molar-refractivity contribution in [2.45, 2.75) is 65.4 Å². The second-order valence-electron chi connectivity index (χ2n) is 10.0. The van der Waals surface area contributed by atoms with Crippen molar-refractivity contribution in [1.29, 1.82) is 0 Å². The molecule has 0 aromatic carbocycles. The Kier molecular flexibility index (Phi) is 8.74. The molecule has 0 bridgehead atoms. The van der Waals surface area contributed by atoms with E-state index in [0.717, 1.165) is 57.0 Å². The Morgan fingerprint density at radius 3 is 2.55 bits per heavy atom. The molecule has 1 aromatic heterocycles. The van der Waals surface area contributed by atoms with Crippen LogP contribution in [0.15, 0.2) is 12.4 Å². The standard InChI is InChI=1S/C24H40N6O3/c1-5-10-25-20-16-21(27-18-26-20)30-11-6-7-19(17-30)8-9-22(31)28-12-14-29(15-13-28)23(32)33-24(2,3)4/h16,18-19H,5-15,17H2,1-4H3,(H,25,26,27)/t19-/m1/s1. The first-order valence-corrected chi connectivity index (χ1v) is 12.3. The lowest BCUT2D eigenvalue weighted by molar-refractivity contribution is -0.133. The minimum absolute atomic E-state index is 0.184. The number of carbonyl (C=O) groups is 2.